The van der Waals surface area contributed by atoms with Crippen molar-refractivity contribution in [2.24, 2.45) is 0 Å². The van der Waals surface area contributed by atoms with Gasteiger partial charge >= 0.3 is 0 Å². The van der Waals surface area contributed by atoms with Gasteiger partial charge in [-0.1, -0.05) is 31.2 Å². The molecule has 0 unspecified atom stereocenters. The number of halogens is 1. The van der Waals surface area contributed by atoms with Crippen LogP contribution in [0.25, 0.3) is 0 Å². The van der Waals surface area contributed by atoms with Gasteiger partial charge in [0.05, 0.1) is 0 Å². The van der Waals surface area contributed by atoms with E-state index < -0.39 is 11.9 Å². The fourth-order valence-electron chi connectivity index (χ4n) is 3.50. The van der Waals surface area contributed by atoms with Gasteiger partial charge in [0.1, 0.15) is 25.1 Å². The average molecular weight is 443 g/mol. The molecule has 2 amide bonds. The average Bonchev–Trinajstić information content (AvgIpc) is 2.81. The van der Waals surface area contributed by atoms with Crippen LogP contribution in [0.2, 0.25) is 0 Å². The van der Waals surface area contributed by atoms with Crippen molar-refractivity contribution in [3.63, 3.8) is 0 Å². The van der Waals surface area contributed by atoms with Crippen LogP contribution in [0.15, 0.2) is 42.5 Å². The van der Waals surface area contributed by atoms with Gasteiger partial charge < -0.3 is 19.7 Å². The Morgan fingerprint density at radius 1 is 1.09 bits per heavy atom. The first-order valence-corrected chi connectivity index (χ1v) is 11.1. The minimum absolute atomic E-state index is 0.00641. The van der Waals surface area contributed by atoms with Gasteiger partial charge in [0.2, 0.25) is 11.8 Å². The van der Waals surface area contributed by atoms with E-state index in [2.05, 4.69) is 5.32 Å². The molecular weight excluding hydrogens is 411 g/mol. The maximum absolute atomic E-state index is 14.3. The number of carbonyl (C=O) groups excluding carboxylic acids is 2. The molecule has 2 aromatic rings. The molecule has 0 aliphatic carbocycles. The van der Waals surface area contributed by atoms with Crippen molar-refractivity contribution in [3.05, 3.63) is 59.4 Å². The summed E-state index contributed by atoms with van der Waals surface area (Å²) < 4.78 is 25.4. The molecule has 2 atom stereocenters. The van der Waals surface area contributed by atoms with E-state index in [1.165, 1.54) is 11.0 Å². The van der Waals surface area contributed by atoms with Crippen LogP contribution in [0.5, 0.6) is 11.5 Å². The number of fused-ring (bicyclic) bond motifs is 1. The summed E-state index contributed by atoms with van der Waals surface area (Å²) in [5, 5.41) is 2.92. The van der Waals surface area contributed by atoms with E-state index in [0.717, 1.165) is 12.0 Å². The van der Waals surface area contributed by atoms with Crippen LogP contribution in [0.1, 0.15) is 44.7 Å². The van der Waals surface area contributed by atoms with Gasteiger partial charge in [-0.05, 0) is 50.5 Å². The van der Waals surface area contributed by atoms with Crippen molar-refractivity contribution in [2.45, 2.75) is 58.7 Å². The first-order chi connectivity index (χ1) is 15.4. The van der Waals surface area contributed by atoms with Crippen molar-refractivity contribution in [1.82, 2.24) is 10.2 Å². The van der Waals surface area contributed by atoms with E-state index >= 15 is 0 Å². The van der Waals surface area contributed by atoms with Crippen LogP contribution in [-0.4, -0.2) is 42.0 Å². The van der Waals surface area contributed by atoms with Gasteiger partial charge in [0, 0.05) is 24.6 Å². The molecule has 0 fully saturated rings. The largest absolute Gasteiger partial charge is 0.486 e. The van der Waals surface area contributed by atoms with Crippen LogP contribution in [-0.2, 0) is 22.6 Å². The number of rotatable bonds is 9. The molecule has 3 rings (SSSR count). The number of hydrogen-bond acceptors (Lipinski definition) is 4. The molecule has 0 saturated carbocycles. The van der Waals surface area contributed by atoms with E-state index in [1.807, 2.05) is 32.0 Å². The third kappa shape index (κ3) is 5.99. The summed E-state index contributed by atoms with van der Waals surface area (Å²) in [7, 11) is 0. The molecule has 1 heterocycles. The molecule has 1 aliphatic rings. The highest BCUT2D eigenvalue weighted by molar-refractivity contribution is 5.87. The molecular formula is C25H31FN2O4. The maximum Gasteiger partial charge on any atom is 0.242 e. The molecule has 1 aliphatic heterocycles. The van der Waals surface area contributed by atoms with Crippen molar-refractivity contribution < 1.29 is 23.5 Å². The van der Waals surface area contributed by atoms with Crippen molar-refractivity contribution in [1.29, 1.82) is 0 Å². The standard InChI is InChI=1S/C25H31FN2O4/c1-4-17(2)27-25(30)18(3)28(16-20-7-5-6-8-21(20)26)24(29)12-10-19-9-11-22-23(15-19)32-14-13-31-22/h5-9,11,15,17-18H,4,10,12-14,16H2,1-3H3,(H,27,30)/t17-,18+/m1/s1. The van der Waals surface area contributed by atoms with Crippen molar-refractivity contribution >= 4 is 11.8 Å². The lowest BCUT2D eigenvalue weighted by molar-refractivity contribution is -0.140. The molecule has 7 heteroatoms. The van der Waals surface area contributed by atoms with Crippen molar-refractivity contribution in [2.75, 3.05) is 13.2 Å². The number of ether oxygens (including phenoxy) is 2. The molecule has 2 aromatic carbocycles. The lowest BCUT2D eigenvalue weighted by Gasteiger charge is -2.30. The molecule has 172 valence electrons. The zero-order valence-corrected chi connectivity index (χ0v) is 18.9. The second-order valence-electron chi connectivity index (χ2n) is 8.08. The van der Waals surface area contributed by atoms with Crippen LogP contribution >= 0.6 is 0 Å². The van der Waals surface area contributed by atoms with Gasteiger partial charge in [-0.15, -0.1) is 0 Å². The Morgan fingerprint density at radius 3 is 2.53 bits per heavy atom. The zero-order valence-electron chi connectivity index (χ0n) is 18.9. The summed E-state index contributed by atoms with van der Waals surface area (Å²) in [5.74, 6) is 0.513. The third-order valence-electron chi connectivity index (χ3n) is 5.70. The maximum atomic E-state index is 14.3. The summed E-state index contributed by atoms with van der Waals surface area (Å²) in [5.41, 5.74) is 1.31. The van der Waals surface area contributed by atoms with Gasteiger partial charge in [-0.3, -0.25) is 9.59 Å². The Bertz CT molecular complexity index is 949. The van der Waals surface area contributed by atoms with Crippen molar-refractivity contribution in [3.8, 4) is 11.5 Å². The van der Waals surface area contributed by atoms with E-state index in [4.69, 9.17) is 9.47 Å². The highest BCUT2D eigenvalue weighted by Crippen LogP contribution is 2.31. The predicted octanol–water partition coefficient (Wildman–Crippen LogP) is 3.86. The first-order valence-electron chi connectivity index (χ1n) is 11.1. The number of aryl methyl sites for hydroxylation is 1. The molecule has 1 N–H and O–H groups in total. The Hall–Kier alpha value is -3.09. The summed E-state index contributed by atoms with van der Waals surface area (Å²) in [4.78, 5) is 27.4. The van der Waals surface area contributed by atoms with Crippen LogP contribution < -0.4 is 14.8 Å². The number of benzene rings is 2. The Balaban J connectivity index is 1.73. The second kappa shape index (κ2) is 11.0. The lowest BCUT2D eigenvalue weighted by Crippen LogP contribution is -2.49. The smallest absolute Gasteiger partial charge is 0.242 e. The number of nitrogens with one attached hydrogen (secondary N) is 1. The minimum Gasteiger partial charge on any atom is -0.486 e. The Labute approximate surface area is 188 Å². The molecule has 0 radical (unpaired) electrons. The number of hydrogen-bond donors (Lipinski definition) is 1. The fraction of sp³-hybridized carbons (Fsp3) is 0.440. The van der Waals surface area contributed by atoms with Gasteiger partial charge in [0.15, 0.2) is 11.5 Å². The summed E-state index contributed by atoms with van der Waals surface area (Å²) in [6, 6.07) is 11.2. The van der Waals surface area contributed by atoms with E-state index in [0.29, 0.717) is 36.7 Å². The van der Waals surface area contributed by atoms with Gasteiger partial charge in [-0.2, -0.15) is 0 Å². The van der Waals surface area contributed by atoms with Crippen LogP contribution in [0.3, 0.4) is 0 Å². The minimum atomic E-state index is -0.726. The summed E-state index contributed by atoms with van der Waals surface area (Å²) in [6.45, 7) is 6.62. The second-order valence-corrected chi connectivity index (χ2v) is 8.08. The van der Waals surface area contributed by atoms with Gasteiger partial charge in [-0.25, -0.2) is 4.39 Å². The fourth-order valence-corrected chi connectivity index (χ4v) is 3.50. The SMILES string of the molecule is CC[C@@H](C)NC(=O)[C@H](C)N(Cc1ccccc1F)C(=O)CCc1ccc2c(c1)OCCO2. The van der Waals surface area contributed by atoms with Crippen LogP contribution in [0.4, 0.5) is 4.39 Å². The predicted molar refractivity (Wildman–Crippen MR) is 120 cm³/mol. The lowest BCUT2D eigenvalue weighted by atomic mass is 10.1. The highest BCUT2D eigenvalue weighted by Gasteiger charge is 2.27. The van der Waals surface area contributed by atoms with Gasteiger partial charge in [0.25, 0.3) is 0 Å². The molecule has 0 spiro atoms. The number of nitrogens with zero attached hydrogens (tertiary/aromatic N) is 1. The molecule has 6 nitrogen and oxygen atoms in total. The third-order valence-corrected chi connectivity index (χ3v) is 5.70. The van der Waals surface area contributed by atoms with E-state index in [9.17, 15) is 14.0 Å². The topological polar surface area (TPSA) is 67.9 Å². The number of amides is 2. The van der Waals surface area contributed by atoms with E-state index in [1.54, 1.807) is 25.1 Å². The summed E-state index contributed by atoms with van der Waals surface area (Å²) >= 11 is 0. The first kappa shape index (κ1) is 23.6. The summed E-state index contributed by atoms with van der Waals surface area (Å²) in [6.07, 6.45) is 1.45. The molecule has 0 aromatic heterocycles. The Kier molecular flexibility index (Phi) is 8.09. The molecule has 32 heavy (non-hydrogen) atoms. The van der Waals surface area contributed by atoms with Crippen LogP contribution in [0, 0.1) is 5.82 Å². The highest BCUT2D eigenvalue weighted by atomic mass is 19.1. The monoisotopic (exact) mass is 442 g/mol. The normalized spacial score (nSPS) is 14.4. The molecule has 0 bridgehead atoms. The van der Waals surface area contributed by atoms with E-state index in [-0.39, 0.29) is 30.8 Å². The quantitative estimate of drug-likeness (QED) is 0.640. The number of carbonyl (C=O) groups is 2. The zero-order chi connectivity index (χ0) is 23.1. The Morgan fingerprint density at radius 2 is 1.81 bits per heavy atom. The molecule has 0 saturated heterocycles.